The molecule has 96 valence electrons. The molecule has 0 aliphatic rings. The van der Waals surface area contributed by atoms with Gasteiger partial charge >= 0.3 is 5.97 Å². The Morgan fingerprint density at radius 3 is 2.78 bits per heavy atom. The Morgan fingerprint density at radius 2 is 2.22 bits per heavy atom. The molecule has 0 radical (unpaired) electrons. The summed E-state index contributed by atoms with van der Waals surface area (Å²) in [6.45, 7) is 5.90. The molecule has 0 saturated carbocycles. The first-order chi connectivity index (χ1) is 8.56. The largest absolute Gasteiger partial charge is 0.469 e. The van der Waals surface area contributed by atoms with E-state index in [1.165, 1.54) is 11.3 Å². The summed E-state index contributed by atoms with van der Waals surface area (Å²) < 4.78 is 10.3. The molecule has 0 aliphatic carbocycles. The topological polar surface area (TPSA) is 65.5 Å². The monoisotopic (exact) mass is 265 g/mol. The lowest BCUT2D eigenvalue weighted by atomic mass is 10.1. The summed E-state index contributed by atoms with van der Waals surface area (Å²) in [6, 6.07) is 1.88. The predicted octanol–water partition coefficient (Wildman–Crippen LogP) is 3.38. The minimum Gasteiger partial charge on any atom is -0.469 e. The van der Waals surface area contributed by atoms with Gasteiger partial charge in [-0.15, -0.1) is 11.3 Å². The van der Waals surface area contributed by atoms with Crippen LogP contribution in [0.3, 0.4) is 0 Å². The molecule has 0 atom stereocenters. The van der Waals surface area contributed by atoms with E-state index >= 15 is 0 Å². The van der Waals surface area contributed by atoms with Gasteiger partial charge in [0.2, 0.25) is 0 Å². The molecule has 2 heterocycles. The molecule has 2 N–H and O–H groups in total. The van der Waals surface area contributed by atoms with Gasteiger partial charge in [-0.25, -0.2) is 4.79 Å². The van der Waals surface area contributed by atoms with E-state index in [1.807, 2.05) is 19.9 Å². The average molecular weight is 265 g/mol. The minimum absolute atomic E-state index is 0.343. The SMILES string of the molecule is CCOC(=O)c1sc(-c2ccoc2C)c(C)c1N. The highest BCUT2D eigenvalue weighted by molar-refractivity contribution is 7.18. The Hall–Kier alpha value is -1.75. The van der Waals surface area contributed by atoms with E-state index in [2.05, 4.69) is 0 Å². The number of carbonyl (C=O) groups excluding carboxylic acids is 1. The lowest BCUT2D eigenvalue weighted by Gasteiger charge is -1.99. The second-order valence-electron chi connectivity index (χ2n) is 3.91. The van der Waals surface area contributed by atoms with Gasteiger partial charge in [0.1, 0.15) is 10.6 Å². The molecular formula is C13H15NO3S. The van der Waals surface area contributed by atoms with Gasteiger partial charge in [-0.05, 0) is 32.4 Å². The molecule has 0 fully saturated rings. The zero-order valence-electron chi connectivity index (χ0n) is 10.6. The van der Waals surface area contributed by atoms with Gasteiger partial charge in [-0.1, -0.05) is 0 Å². The van der Waals surface area contributed by atoms with Gasteiger partial charge in [0.25, 0.3) is 0 Å². The number of aryl methyl sites for hydroxylation is 1. The highest BCUT2D eigenvalue weighted by Crippen LogP contribution is 2.40. The van der Waals surface area contributed by atoms with Crippen LogP contribution in [0.5, 0.6) is 0 Å². The molecule has 2 aromatic rings. The van der Waals surface area contributed by atoms with Crippen molar-refractivity contribution in [2.45, 2.75) is 20.8 Å². The van der Waals surface area contributed by atoms with Crippen molar-refractivity contribution in [2.75, 3.05) is 12.3 Å². The number of ether oxygens (including phenoxy) is 1. The molecule has 0 spiro atoms. The number of anilines is 1. The van der Waals surface area contributed by atoms with Gasteiger partial charge in [-0.3, -0.25) is 0 Å². The Balaban J connectivity index is 2.49. The van der Waals surface area contributed by atoms with Crippen LogP contribution in [0.25, 0.3) is 10.4 Å². The molecule has 0 unspecified atom stereocenters. The number of hydrogen-bond donors (Lipinski definition) is 1. The molecule has 0 aromatic carbocycles. The number of carbonyl (C=O) groups is 1. The van der Waals surface area contributed by atoms with Crippen molar-refractivity contribution >= 4 is 23.0 Å². The first kappa shape index (κ1) is 12.7. The highest BCUT2D eigenvalue weighted by atomic mass is 32.1. The second-order valence-corrected chi connectivity index (χ2v) is 4.93. The molecule has 0 aliphatic heterocycles. The normalized spacial score (nSPS) is 10.6. The smallest absolute Gasteiger partial charge is 0.350 e. The molecule has 4 nitrogen and oxygen atoms in total. The van der Waals surface area contributed by atoms with Crippen molar-refractivity contribution in [1.82, 2.24) is 0 Å². The van der Waals surface area contributed by atoms with Crippen LogP contribution in [0.1, 0.15) is 27.9 Å². The summed E-state index contributed by atoms with van der Waals surface area (Å²) in [6.07, 6.45) is 1.63. The fourth-order valence-corrected chi connectivity index (χ4v) is 2.95. The van der Waals surface area contributed by atoms with Crippen LogP contribution in [0, 0.1) is 13.8 Å². The number of thiophene rings is 1. The van der Waals surface area contributed by atoms with E-state index in [1.54, 1.807) is 13.2 Å². The van der Waals surface area contributed by atoms with Crippen LogP contribution in [0.15, 0.2) is 16.7 Å². The first-order valence-corrected chi connectivity index (χ1v) is 6.48. The third-order valence-corrected chi connectivity index (χ3v) is 4.08. The summed E-state index contributed by atoms with van der Waals surface area (Å²) in [5.41, 5.74) is 8.33. The van der Waals surface area contributed by atoms with Crippen LogP contribution in [-0.4, -0.2) is 12.6 Å². The summed E-state index contributed by atoms with van der Waals surface area (Å²) in [5, 5.41) is 0. The number of furan rings is 1. The average Bonchev–Trinajstić information content (AvgIpc) is 2.86. The van der Waals surface area contributed by atoms with Crippen LogP contribution in [-0.2, 0) is 4.74 Å². The van der Waals surface area contributed by atoms with Crippen molar-refractivity contribution in [2.24, 2.45) is 0 Å². The molecule has 0 amide bonds. The van der Waals surface area contributed by atoms with E-state index in [0.29, 0.717) is 17.2 Å². The molecule has 0 bridgehead atoms. The van der Waals surface area contributed by atoms with Crippen molar-refractivity contribution in [1.29, 1.82) is 0 Å². The van der Waals surface area contributed by atoms with Crippen molar-refractivity contribution in [3.63, 3.8) is 0 Å². The van der Waals surface area contributed by atoms with Crippen molar-refractivity contribution in [3.05, 3.63) is 28.5 Å². The Kier molecular flexibility index (Phi) is 3.43. The summed E-state index contributed by atoms with van der Waals surface area (Å²) in [4.78, 5) is 13.2. The quantitative estimate of drug-likeness (QED) is 0.864. The van der Waals surface area contributed by atoms with Gasteiger partial charge in [0.15, 0.2) is 0 Å². The van der Waals surface area contributed by atoms with Crippen molar-refractivity contribution < 1.29 is 13.9 Å². The summed E-state index contributed by atoms with van der Waals surface area (Å²) in [7, 11) is 0. The number of hydrogen-bond acceptors (Lipinski definition) is 5. The maximum atomic E-state index is 11.8. The lowest BCUT2D eigenvalue weighted by molar-refractivity contribution is 0.0533. The zero-order valence-corrected chi connectivity index (χ0v) is 11.4. The number of nitrogens with two attached hydrogens (primary N) is 1. The van der Waals surface area contributed by atoms with E-state index in [9.17, 15) is 4.79 Å². The standard InChI is InChI=1S/C13H15NO3S/c1-4-16-13(15)12-10(14)7(2)11(18-12)9-5-6-17-8(9)3/h5-6H,4,14H2,1-3H3. The molecular weight excluding hydrogens is 250 g/mol. The van der Waals surface area contributed by atoms with E-state index in [-0.39, 0.29) is 5.97 Å². The number of esters is 1. The fourth-order valence-electron chi connectivity index (χ4n) is 1.75. The van der Waals surface area contributed by atoms with E-state index < -0.39 is 0 Å². The molecule has 5 heteroatoms. The Labute approximate surface area is 109 Å². The second kappa shape index (κ2) is 4.86. The van der Waals surface area contributed by atoms with Crippen molar-refractivity contribution in [3.8, 4) is 10.4 Å². The van der Waals surface area contributed by atoms with Gasteiger partial charge in [0.05, 0.1) is 18.6 Å². The third-order valence-electron chi connectivity index (χ3n) is 2.76. The maximum Gasteiger partial charge on any atom is 0.350 e. The van der Waals surface area contributed by atoms with Crippen LogP contribution < -0.4 is 5.73 Å². The van der Waals surface area contributed by atoms with Gasteiger partial charge in [-0.2, -0.15) is 0 Å². The first-order valence-electron chi connectivity index (χ1n) is 5.66. The van der Waals surface area contributed by atoms with Crippen LogP contribution in [0.4, 0.5) is 5.69 Å². The summed E-state index contributed by atoms with van der Waals surface area (Å²) >= 11 is 1.35. The van der Waals surface area contributed by atoms with Gasteiger partial charge < -0.3 is 14.9 Å². The number of nitrogen functional groups attached to an aromatic ring is 1. The Morgan fingerprint density at radius 1 is 1.50 bits per heavy atom. The molecule has 2 aromatic heterocycles. The van der Waals surface area contributed by atoms with Crippen LogP contribution >= 0.6 is 11.3 Å². The molecule has 2 rings (SSSR count). The van der Waals surface area contributed by atoms with Crippen LogP contribution in [0.2, 0.25) is 0 Å². The molecule has 18 heavy (non-hydrogen) atoms. The highest BCUT2D eigenvalue weighted by Gasteiger charge is 2.21. The zero-order chi connectivity index (χ0) is 13.3. The lowest BCUT2D eigenvalue weighted by Crippen LogP contribution is -2.05. The van der Waals surface area contributed by atoms with E-state index in [4.69, 9.17) is 14.9 Å². The Bertz CT molecular complexity index is 583. The third kappa shape index (κ3) is 2.01. The number of rotatable bonds is 3. The minimum atomic E-state index is -0.365. The molecule has 0 saturated heterocycles. The summed E-state index contributed by atoms with van der Waals surface area (Å²) in [5.74, 6) is 0.449. The predicted molar refractivity (Wildman–Crippen MR) is 71.9 cm³/mol. The van der Waals surface area contributed by atoms with Gasteiger partial charge in [0, 0.05) is 10.4 Å². The fraction of sp³-hybridized carbons (Fsp3) is 0.308. The van der Waals surface area contributed by atoms with E-state index in [0.717, 1.165) is 21.8 Å². The maximum absolute atomic E-state index is 11.8.